The minimum Gasteiger partial charge on any atom is -0.394 e. The second-order valence-electron chi connectivity index (χ2n) is 3.91. The predicted molar refractivity (Wildman–Crippen MR) is 51.9 cm³/mol. The second kappa shape index (κ2) is 5.66. The van der Waals surface area contributed by atoms with Crippen molar-refractivity contribution >= 4 is 0 Å². The van der Waals surface area contributed by atoms with Gasteiger partial charge in [0.1, 0.15) is 12.2 Å². The van der Waals surface area contributed by atoms with Crippen molar-refractivity contribution in [3.05, 3.63) is 0 Å². The van der Waals surface area contributed by atoms with E-state index in [4.69, 9.17) is 9.84 Å². The average Bonchev–Trinajstić information content (AvgIpc) is 2.19. The molecule has 4 nitrogen and oxygen atoms in total. The van der Waals surface area contributed by atoms with Crippen LogP contribution in [0.1, 0.15) is 32.6 Å². The molecule has 0 radical (unpaired) electrons. The van der Waals surface area contributed by atoms with Gasteiger partial charge in [-0.25, -0.2) is 0 Å². The maximum Gasteiger partial charge on any atom is 0.109 e. The smallest absolute Gasteiger partial charge is 0.109 e. The van der Waals surface area contributed by atoms with Crippen LogP contribution >= 0.6 is 0 Å². The normalized spacial score (nSPS) is 38.6. The third kappa shape index (κ3) is 2.92. The zero-order chi connectivity index (χ0) is 10.6. The minimum absolute atomic E-state index is 0.0227. The van der Waals surface area contributed by atoms with Gasteiger partial charge in [-0.1, -0.05) is 19.8 Å². The molecule has 0 bridgehead atoms. The summed E-state index contributed by atoms with van der Waals surface area (Å²) < 4.78 is 5.46. The average molecular weight is 204 g/mol. The maximum absolute atomic E-state index is 9.51. The van der Waals surface area contributed by atoms with Crippen LogP contribution in [-0.4, -0.2) is 46.3 Å². The zero-order valence-electron chi connectivity index (χ0n) is 8.59. The van der Waals surface area contributed by atoms with E-state index in [0.717, 1.165) is 19.3 Å². The Bertz CT molecular complexity index is 162. The molecule has 1 aliphatic rings. The van der Waals surface area contributed by atoms with E-state index in [1.54, 1.807) is 0 Å². The fraction of sp³-hybridized carbons (Fsp3) is 1.00. The Kier molecular flexibility index (Phi) is 4.81. The summed E-state index contributed by atoms with van der Waals surface area (Å²) in [6.07, 6.45) is 1.13. The van der Waals surface area contributed by atoms with Gasteiger partial charge in [-0.2, -0.15) is 0 Å². The molecule has 0 aromatic rings. The first-order chi connectivity index (χ1) is 6.69. The molecule has 1 aliphatic heterocycles. The van der Waals surface area contributed by atoms with Gasteiger partial charge in [0.25, 0.3) is 0 Å². The SMILES string of the molecule is CCCCC1CC(O)C(O)C(CO)O1. The van der Waals surface area contributed by atoms with Crippen molar-refractivity contribution in [1.29, 1.82) is 0 Å². The lowest BCUT2D eigenvalue weighted by Gasteiger charge is -2.36. The number of ether oxygens (including phenoxy) is 1. The summed E-state index contributed by atoms with van der Waals surface area (Å²) in [6, 6.07) is 0. The summed E-state index contributed by atoms with van der Waals surface area (Å²) >= 11 is 0. The molecule has 1 heterocycles. The van der Waals surface area contributed by atoms with E-state index in [1.807, 2.05) is 0 Å². The van der Waals surface area contributed by atoms with Crippen LogP contribution in [0.2, 0.25) is 0 Å². The molecule has 4 unspecified atom stereocenters. The Morgan fingerprint density at radius 1 is 1.36 bits per heavy atom. The quantitative estimate of drug-likeness (QED) is 0.605. The predicted octanol–water partition coefficient (Wildman–Crippen LogP) is 0.0482. The second-order valence-corrected chi connectivity index (χ2v) is 3.91. The third-order valence-corrected chi connectivity index (χ3v) is 2.71. The summed E-state index contributed by atoms with van der Waals surface area (Å²) in [7, 11) is 0. The lowest BCUT2D eigenvalue weighted by Crippen LogP contribution is -2.49. The highest BCUT2D eigenvalue weighted by Crippen LogP contribution is 2.23. The first-order valence-corrected chi connectivity index (χ1v) is 5.31. The van der Waals surface area contributed by atoms with Gasteiger partial charge in [0, 0.05) is 6.42 Å². The number of hydrogen-bond acceptors (Lipinski definition) is 4. The molecule has 84 valence electrons. The zero-order valence-corrected chi connectivity index (χ0v) is 8.59. The summed E-state index contributed by atoms with van der Waals surface area (Å²) in [5, 5.41) is 27.9. The molecule has 0 spiro atoms. The van der Waals surface area contributed by atoms with E-state index < -0.39 is 18.3 Å². The first kappa shape index (κ1) is 11.9. The molecule has 0 aliphatic carbocycles. The molecule has 1 rings (SSSR count). The minimum atomic E-state index is -0.946. The summed E-state index contributed by atoms with van der Waals surface area (Å²) in [4.78, 5) is 0. The number of unbranched alkanes of at least 4 members (excludes halogenated alkanes) is 1. The monoisotopic (exact) mass is 204 g/mol. The lowest BCUT2D eigenvalue weighted by atomic mass is 9.95. The molecule has 0 aromatic carbocycles. The molecule has 4 atom stereocenters. The van der Waals surface area contributed by atoms with Gasteiger partial charge >= 0.3 is 0 Å². The number of aliphatic hydroxyl groups is 3. The Hall–Kier alpha value is -0.160. The third-order valence-electron chi connectivity index (χ3n) is 2.71. The number of aliphatic hydroxyl groups excluding tert-OH is 3. The Labute approximate surface area is 84.5 Å². The van der Waals surface area contributed by atoms with E-state index in [0.29, 0.717) is 6.42 Å². The molecule has 14 heavy (non-hydrogen) atoms. The molecule has 1 fully saturated rings. The molecule has 0 amide bonds. The molecule has 0 aromatic heterocycles. The molecule has 1 saturated heterocycles. The van der Waals surface area contributed by atoms with Gasteiger partial charge in [0.2, 0.25) is 0 Å². The van der Waals surface area contributed by atoms with Gasteiger partial charge in [0.15, 0.2) is 0 Å². The molecular weight excluding hydrogens is 184 g/mol. The first-order valence-electron chi connectivity index (χ1n) is 5.31. The summed E-state index contributed by atoms with van der Waals surface area (Å²) in [5.41, 5.74) is 0. The van der Waals surface area contributed by atoms with E-state index in [9.17, 15) is 10.2 Å². The van der Waals surface area contributed by atoms with Gasteiger partial charge in [-0.05, 0) is 6.42 Å². The lowest BCUT2D eigenvalue weighted by molar-refractivity contribution is -0.180. The van der Waals surface area contributed by atoms with Crippen molar-refractivity contribution in [2.24, 2.45) is 0 Å². The van der Waals surface area contributed by atoms with Crippen LogP contribution in [0, 0.1) is 0 Å². The maximum atomic E-state index is 9.51. The van der Waals surface area contributed by atoms with Crippen molar-refractivity contribution in [3.63, 3.8) is 0 Å². The van der Waals surface area contributed by atoms with Crippen molar-refractivity contribution in [2.75, 3.05) is 6.61 Å². The van der Waals surface area contributed by atoms with Gasteiger partial charge in [-0.15, -0.1) is 0 Å². The topological polar surface area (TPSA) is 69.9 Å². The van der Waals surface area contributed by atoms with Crippen LogP contribution in [0.3, 0.4) is 0 Å². The Morgan fingerprint density at radius 3 is 2.64 bits per heavy atom. The highest BCUT2D eigenvalue weighted by molar-refractivity contribution is 4.84. The largest absolute Gasteiger partial charge is 0.394 e. The van der Waals surface area contributed by atoms with Crippen LogP contribution in [0.5, 0.6) is 0 Å². The van der Waals surface area contributed by atoms with Crippen LogP contribution in [-0.2, 0) is 4.74 Å². The van der Waals surface area contributed by atoms with Crippen LogP contribution < -0.4 is 0 Å². The van der Waals surface area contributed by atoms with Crippen LogP contribution in [0.15, 0.2) is 0 Å². The fourth-order valence-corrected chi connectivity index (χ4v) is 1.81. The van der Waals surface area contributed by atoms with E-state index in [1.165, 1.54) is 0 Å². The van der Waals surface area contributed by atoms with Crippen molar-refractivity contribution in [2.45, 2.75) is 57.0 Å². The van der Waals surface area contributed by atoms with Crippen molar-refractivity contribution < 1.29 is 20.1 Å². The number of hydrogen-bond donors (Lipinski definition) is 3. The highest BCUT2D eigenvalue weighted by Gasteiger charge is 2.35. The van der Waals surface area contributed by atoms with Gasteiger partial charge < -0.3 is 20.1 Å². The van der Waals surface area contributed by atoms with Crippen LogP contribution in [0.4, 0.5) is 0 Å². The molecular formula is C10H20O4. The van der Waals surface area contributed by atoms with E-state index >= 15 is 0 Å². The standard InChI is InChI=1S/C10H20O4/c1-2-3-4-7-5-8(12)10(13)9(6-11)14-7/h7-13H,2-6H2,1H3. The van der Waals surface area contributed by atoms with Crippen molar-refractivity contribution in [3.8, 4) is 0 Å². The van der Waals surface area contributed by atoms with Gasteiger partial charge in [0.05, 0.1) is 18.8 Å². The highest BCUT2D eigenvalue weighted by atomic mass is 16.5. The van der Waals surface area contributed by atoms with Gasteiger partial charge in [-0.3, -0.25) is 0 Å². The Morgan fingerprint density at radius 2 is 2.07 bits per heavy atom. The summed E-state index contributed by atoms with van der Waals surface area (Å²) in [5.74, 6) is 0. The summed E-state index contributed by atoms with van der Waals surface area (Å²) in [6.45, 7) is 1.86. The number of rotatable bonds is 4. The van der Waals surface area contributed by atoms with E-state index in [-0.39, 0.29) is 12.7 Å². The fourth-order valence-electron chi connectivity index (χ4n) is 1.81. The molecule has 4 heteroatoms. The van der Waals surface area contributed by atoms with Crippen molar-refractivity contribution in [1.82, 2.24) is 0 Å². The van der Waals surface area contributed by atoms with E-state index in [2.05, 4.69) is 6.92 Å². The van der Waals surface area contributed by atoms with Crippen LogP contribution in [0.25, 0.3) is 0 Å². The molecule has 0 saturated carbocycles. The Balaban J connectivity index is 2.41. The molecule has 3 N–H and O–H groups in total.